The van der Waals surface area contributed by atoms with Crippen molar-refractivity contribution in [1.29, 1.82) is 0 Å². The molecule has 0 N–H and O–H groups in total. The molecule has 2 heterocycles. The molecule has 1 amide bonds. The van der Waals surface area contributed by atoms with Gasteiger partial charge in [-0.05, 0) is 57.5 Å². The number of carbonyl (C=O) groups excluding carboxylic acids is 2. The first-order chi connectivity index (χ1) is 14.2. The zero-order valence-electron chi connectivity index (χ0n) is 18.1. The van der Waals surface area contributed by atoms with E-state index in [0.717, 1.165) is 17.5 Å². The van der Waals surface area contributed by atoms with Crippen molar-refractivity contribution in [2.24, 2.45) is 0 Å². The molecule has 1 aromatic heterocycles. The number of ether oxygens (including phenoxy) is 2. The highest BCUT2D eigenvalue weighted by molar-refractivity contribution is 5.89. The molecule has 0 aliphatic carbocycles. The summed E-state index contributed by atoms with van der Waals surface area (Å²) in [5.74, 6) is -0.0660. The van der Waals surface area contributed by atoms with Crippen LogP contribution in [-0.4, -0.2) is 68.1 Å². The van der Waals surface area contributed by atoms with Gasteiger partial charge in [0, 0.05) is 25.2 Å². The van der Waals surface area contributed by atoms with Crippen molar-refractivity contribution in [3.05, 3.63) is 39.2 Å². The summed E-state index contributed by atoms with van der Waals surface area (Å²) in [4.78, 5) is 40.5. The van der Waals surface area contributed by atoms with Crippen LogP contribution in [0, 0.1) is 20.8 Å². The van der Waals surface area contributed by atoms with Crippen LogP contribution >= 0.6 is 0 Å². The Morgan fingerprint density at radius 3 is 2.60 bits per heavy atom. The minimum Gasteiger partial charge on any atom is -0.483 e. The van der Waals surface area contributed by atoms with Gasteiger partial charge >= 0.3 is 11.6 Å². The number of fused-ring (bicyclic) bond motifs is 1. The molecule has 1 atom stereocenters. The number of hydrogen-bond acceptors (Lipinski definition) is 7. The second-order valence-electron chi connectivity index (χ2n) is 7.78. The Morgan fingerprint density at radius 2 is 1.90 bits per heavy atom. The van der Waals surface area contributed by atoms with Crippen molar-refractivity contribution in [2.75, 3.05) is 40.4 Å². The first-order valence-corrected chi connectivity index (χ1v) is 9.96. The number of hydrogen-bond donors (Lipinski definition) is 0. The highest BCUT2D eigenvalue weighted by atomic mass is 16.5. The lowest BCUT2D eigenvalue weighted by Gasteiger charge is -2.26. The summed E-state index contributed by atoms with van der Waals surface area (Å²) in [7, 11) is 3.20. The number of amides is 1. The van der Waals surface area contributed by atoms with E-state index in [4.69, 9.17) is 13.9 Å². The Balaban J connectivity index is 1.82. The molecule has 8 nitrogen and oxygen atoms in total. The van der Waals surface area contributed by atoms with E-state index in [1.165, 1.54) is 7.11 Å². The number of benzene rings is 1. The molecule has 2 aromatic rings. The predicted octanol–water partition coefficient (Wildman–Crippen LogP) is 1.80. The second-order valence-corrected chi connectivity index (χ2v) is 7.78. The number of aryl methyl sites for hydroxylation is 2. The molecular formula is C22H28N2O6. The molecule has 1 aliphatic rings. The molecule has 0 saturated carbocycles. The van der Waals surface area contributed by atoms with Crippen molar-refractivity contribution in [3.63, 3.8) is 0 Å². The number of rotatable bonds is 4. The molecule has 0 spiro atoms. The Bertz CT molecular complexity index is 1030. The second kappa shape index (κ2) is 8.87. The van der Waals surface area contributed by atoms with Crippen molar-refractivity contribution < 1.29 is 23.5 Å². The van der Waals surface area contributed by atoms with Crippen molar-refractivity contribution in [1.82, 2.24) is 9.80 Å². The standard InChI is InChI=1S/C22H28N2O6/c1-13-9-17(20-14(2)15(3)21(26)30-18(20)10-13)29-12-19(25)24-8-6-7-23(4)16(11-24)22(27)28-5/h9-10,16H,6-8,11-12H2,1-5H3. The maximum atomic E-state index is 12.9. The number of methoxy groups -OCH3 is 1. The summed E-state index contributed by atoms with van der Waals surface area (Å²) in [5, 5.41) is 0.688. The topological polar surface area (TPSA) is 89.3 Å². The van der Waals surface area contributed by atoms with Gasteiger partial charge in [0.05, 0.1) is 12.5 Å². The first kappa shape index (κ1) is 21.8. The van der Waals surface area contributed by atoms with Crippen molar-refractivity contribution >= 4 is 22.8 Å². The molecule has 0 bridgehead atoms. The van der Waals surface area contributed by atoms with Crippen LogP contribution in [0.4, 0.5) is 0 Å². The van der Waals surface area contributed by atoms with E-state index < -0.39 is 6.04 Å². The van der Waals surface area contributed by atoms with Gasteiger partial charge < -0.3 is 18.8 Å². The van der Waals surface area contributed by atoms with Gasteiger partial charge in [-0.1, -0.05) is 0 Å². The lowest BCUT2D eigenvalue weighted by Crippen LogP contribution is -2.47. The molecule has 1 aromatic carbocycles. The van der Waals surface area contributed by atoms with E-state index in [9.17, 15) is 14.4 Å². The maximum absolute atomic E-state index is 12.9. The Hall–Kier alpha value is -2.87. The van der Waals surface area contributed by atoms with Crippen LogP contribution in [-0.2, 0) is 14.3 Å². The number of nitrogens with zero attached hydrogens (tertiary/aromatic N) is 2. The fourth-order valence-corrected chi connectivity index (χ4v) is 3.76. The normalized spacial score (nSPS) is 17.6. The summed E-state index contributed by atoms with van der Waals surface area (Å²) in [5.41, 5.74) is 2.20. The summed E-state index contributed by atoms with van der Waals surface area (Å²) in [6.07, 6.45) is 0.757. The van der Waals surface area contributed by atoms with E-state index in [-0.39, 0.29) is 30.7 Å². The average molecular weight is 416 g/mol. The number of likely N-dealkylation sites (N-methyl/N-ethyl adjacent to an activating group) is 1. The molecule has 30 heavy (non-hydrogen) atoms. The van der Waals surface area contributed by atoms with Gasteiger partial charge in [-0.3, -0.25) is 14.5 Å². The lowest BCUT2D eigenvalue weighted by atomic mass is 10.0. The third-order valence-electron chi connectivity index (χ3n) is 5.70. The summed E-state index contributed by atoms with van der Waals surface area (Å²) >= 11 is 0. The molecule has 162 valence electrons. The Morgan fingerprint density at radius 1 is 1.17 bits per heavy atom. The van der Waals surface area contributed by atoms with Gasteiger partial charge in [0.1, 0.15) is 17.4 Å². The zero-order chi connectivity index (χ0) is 22.0. The fraction of sp³-hybridized carbons (Fsp3) is 0.500. The highest BCUT2D eigenvalue weighted by Crippen LogP contribution is 2.31. The molecule has 0 radical (unpaired) electrons. The van der Waals surface area contributed by atoms with E-state index in [2.05, 4.69) is 0 Å². The van der Waals surface area contributed by atoms with E-state index in [1.54, 1.807) is 17.9 Å². The van der Waals surface area contributed by atoms with Crippen molar-refractivity contribution in [3.8, 4) is 5.75 Å². The summed E-state index contributed by atoms with van der Waals surface area (Å²) in [6.45, 7) is 6.74. The molecule has 3 rings (SSSR count). The number of esters is 1. The van der Waals surface area contributed by atoms with Gasteiger partial charge in [-0.2, -0.15) is 0 Å². The van der Waals surface area contributed by atoms with Crippen LogP contribution in [0.2, 0.25) is 0 Å². The van der Waals surface area contributed by atoms with Crippen LogP contribution in [0.3, 0.4) is 0 Å². The third kappa shape index (κ3) is 4.33. The molecule has 1 fully saturated rings. The van der Waals surface area contributed by atoms with E-state index in [0.29, 0.717) is 35.4 Å². The van der Waals surface area contributed by atoms with Crippen LogP contribution in [0.5, 0.6) is 5.75 Å². The Kier molecular flexibility index (Phi) is 6.45. The van der Waals surface area contributed by atoms with Crippen LogP contribution in [0.15, 0.2) is 21.3 Å². The zero-order valence-corrected chi connectivity index (χ0v) is 18.1. The largest absolute Gasteiger partial charge is 0.483 e. The lowest BCUT2D eigenvalue weighted by molar-refractivity contribution is -0.147. The SMILES string of the molecule is COC(=O)C1CN(C(=O)COc2cc(C)cc3oc(=O)c(C)c(C)c23)CCCN1C. The predicted molar refractivity (Wildman–Crippen MR) is 112 cm³/mol. The molecule has 1 aliphatic heterocycles. The molecular weight excluding hydrogens is 388 g/mol. The van der Waals surface area contributed by atoms with Gasteiger partial charge in [-0.15, -0.1) is 0 Å². The Labute approximate surface area is 175 Å². The monoisotopic (exact) mass is 416 g/mol. The van der Waals surface area contributed by atoms with E-state index >= 15 is 0 Å². The fourth-order valence-electron chi connectivity index (χ4n) is 3.76. The van der Waals surface area contributed by atoms with Crippen LogP contribution in [0.1, 0.15) is 23.1 Å². The van der Waals surface area contributed by atoms with Gasteiger partial charge in [0.2, 0.25) is 0 Å². The van der Waals surface area contributed by atoms with Gasteiger partial charge in [0.25, 0.3) is 5.91 Å². The van der Waals surface area contributed by atoms with Gasteiger partial charge in [0.15, 0.2) is 6.61 Å². The smallest absolute Gasteiger partial charge is 0.339 e. The minimum atomic E-state index is -0.500. The molecule has 1 unspecified atom stereocenters. The van der Waals surface area contributed by atoms with Crippen LogP contribution in [0.25, 0.3) is 11.0 Å². The highest BCUT2D eigenvalue weighted by Gasteiger charge is 2.31. The number of carbonyl (C=O) groups is 2. The minimum absolute atomic E-state index is 0.173. The molecule has 1 saturated heterocycles. The van der Waals surface area contributed by atoms with Crippen LogP contribution < -0.4 is 10.4 Å². The average Bonchev–Trinajstić information content (AvgIpc) is 2.90. The third-order valence-corrected chi connectivity index (χ3v) is 5.70. The summed E-state index contributed by atoms with van der Waals surface area (Å²) in [6, 6.07) is 3.11. The maximum Gasteiger partial charge on any atom is 0.339 e. The summed E-state index contributed by atoms with van der Waals surface area (Å²) < 4.78 is 16.2. The molecule has 8 heteroatoms. The van der Waals surface area contributed by atoms with Gasteiger partial charge in [-0.25, -0.2) is 4.79 Å². The van der Waals surface area contributed by atoms with E-state index in [1.807, 2.05) is 31.9 Å². The quantitative estimate of drug-likeness (QED) is 0.555. The van der Waals surface area contributed by atoms with Crippen molar-refractivity contribution in [2.45, 2.75) is 33.2 Å². The first-order valence-electron chi connectivity index (χ1n) is 9.96.